The Bertz CT molecular complexity index is 1170. The molecule has 0 heterocycles. The lowest BCUT2D eigenvalue weighted by molar-refractivity contribution is -0.143. The summed E-state index contributed by atoms with van der Waals surface area (Å²) in [6.45, 7) is 7.64. The van der Waals surface area contributed by atoms with Gasteiger partial charge < -0.3 is 14.9 Å². The molecule has 0 aliphatic rings. The van der Waals surface area contributed by atoms with E-state index in [0.29, 0.717) is 6.54 Å². The van der Waals surface area contributed by atoms with E-state index >= 15 is 0 Å². The lowest BCUT2D eigenvalue weighted by atomic mass is 10.0. The lowest BCUT2D eigenvalue weighted by Crippen LogP contribution is -2.45. The third-order valence-corrected chi connectivity index (χ3v) is 5.14. The van der Waals surface area contributed by atoms with Crippen LogP contribution in [0.4, 0.5) is 10.5 Å². The lowest BCUT2D eigenvalue weighted by Gasteiger charge is -2.30. The SMILES string of the molecule is CCNC(=O)NC(=O)/C(C#N)=N/OC.COC(=O)C(C)N(C(=O)Cc1ccccc1)c1c(C)cccc1C. The van der Waals surface area contributed by atoms with Crippen LogP contribution in [0.5, 0.6) is 0 Å². The molecular formula is C27H33N5O6. The Morgan fingerprint density at radius 3 is 2.13 bits per heavy atom. The van der Waals surface area contributed by atoms with Gasteiger partial charge in [0.1, 0.15) is 19.2 Å². The van der Waals surface area contributed by atoms with Crippen molar-refractivity contribution in [1.29, 1.82) is 5.26 Å². The number of rotatable bonds is 8. The van der Waals surface area contributed by atoms with Crippen LogP contribution in [-0.2, 0) is 30.4 Å². The summed E-state index contributed by atoms with van der Waals surface area (Å²) in [5.74, 6) is -1.46. The van der Waals surface area contributed by atoms with Crippen LogP contribution in [0.1, 0.15) is 30.5 Å². The third kappa shape index (κ3) is 9.39. The number of esters is 1. The van der Waals surface area contributed by atoms with E-state index in [1.807, 2.05) is 67.7 Å². The summed E-state index contributed by atoms with van der Waals surface area (Å²) in [7, 11) is 2.53. The number of hydrogen-bond donors (Lipinski definition) is 2. The highest BCUT2D eigenvalue weighted by atomic mass is 16.6. The number of imide groups is 1. The topological polar surface area (TPSA) is 150 Å². The summed E-state index contributed by atoms with van der Waals surface area (Å²) < 4.78 is 4.86. The zero-order chi connectivity index (χ0) is 28.7. The predicted molar refractivity (Wildman–Crippen MR) is 142 cm³/mol. The van der Waals surface area contributed by atoms with Gasteiger partial charge in [-0.3, -0.25) is 19.8 Å². The number of aryl methyl sites for hydroxylation is 2. The largest absolute Gasteiger partial charge is 0.467 e. The molecule has 2 N–H and O–H groups in total. The van der Waals surface area contributed by atoms with Gasteiger partial charge in [-0.05, 0) is 44.4 Å². The van der Waals surface area contributed by atoms with Gasteiger partial charge in [0.25, 0.3) is 5.91 Å². The number of para-hydroxylation sites is 1. The van der Waals surface area contributed by atoms with E-state index < -0.39 is 29.7 Å². The second-order valence-electron chi connectivity index (χ2n) is 7.91. The summed E-state index contributed by atoms with van der Waals surface area (Å²) in [5, 5.41) is 15.8. The Labute approximate surface area is 222 Å². The third-order valence-electron chi connectivity index (χ3n) is 5.14. The van der Waals surface area contributed by atoms with Gasteiger partial charge in [0.2, 0.25) is 11.6 Å². The van der Waals surface area contributed by atoms with E-state index in [4.69, 9.17) is 10.00 Å². The van der Waals surface area contributed by atoms with Crippen molar-refractivity contribution in [2.45, 2.75) is 40.2 Å². The van der Waals surface area contributed by atoms with Crippen molar-refractivity contribution in [3.63, 3.8) is 0 Å². The maximum atomic E-state index is 13.0. The Kier molecular flexibility index (Phi) is 13.3. The normalized spacial score (nSPS) is 11.0. The van der Waals surface area contributed by atoms with Gasteiger partial charge in [-0.2, -0.15) is 5.26 Å². The van der Waals surface area contributed by atoms with Crippen molar-refractivity contribution in [2.75, 3.05) is 25.7 Å². The van der Waals surface area contributed by atoms with E-state index in [1.54, 1.807) is 18.7 Å². The summed E-state index contributed by atoms with van der Waals surface area (Å²) in [4.78, 5) is 52.8. The second kappa shape index (κ2) is 16.1. The summed E-state index contributed by atoms with van der Waals surface area (Å²) in [6.07, 6.45) is 0.232. The monoisotopic (exact) mass is 523 g/mol. The molecule has 0 saturated heterocycles. The van der Waals surface area contributed by atoms with Crippen molar-refractivity contribution >= 4 is 35.2 Å². The molecule has 2 aromatic carbocycles. The molecule has 2 aromatic rings. The number of nitrogens with one attached hydrogen (secondary N) is 2. The highest BCUT2D eigenvalue weighted by Crippen LogP contribution is 2.27. The molecule has 0 bridgehead atoms. The highest BCUT2D eigenvalue weighted by Gasteiger charge is 2.30. The molecular weight excluding hydrogens is 490 g/mol. The molecule has 1 unspecified atom stereocenters. The second-order valence-corrected chi connectivity index (χ2v) is 7.91. The summed E-state index contributed by atoms with van der Waals surface area (Å²) >= 11 is 0. The van der Waals surface area contributed by atoms with Crippen LogP contribution in [0.2, 0.25) is 0 Å². The minimum absolute atomic E-state index is 0.128. The van der Waals surface area contributed by atoms with E-state index in [1.165, 1.54) is 20.3 Å². The van der Waals surface area contributed by atoms with Crippen LogP contribution in [0.15, 0.2) is 53.7 Å². The fourth-order valence-electron chi connectivity index (χ4n) is 3.42. The predicted octanol–water partition coefficient (Wildman–Crippen LogP) is 2.80. The standard InChI is InChI=1S/C20H23NO3.C7H10N4O3/c1-14-9-8-10-15(2)19(14)21(16(3)20(23)24-4)18(22)13-17-11-6-5-7-12-17;1-3-9-7(13)10-6(12)5(4-8)11-14-2/h5-12,16H,13H2,1-4H3;3H2,1-2H3,(H2,9,10,12,13)/b;11-5+. The van der Waals surface area contributed by atoms with E-state index in [0.717, 1.165) is 22.4 Å². The number of ether oxygens (including phenoxy) is 1. The summed E-state index contributed by atoms with van der Waals surface area (Å²) in [5.41, 5.74) is 3.07. The fourth-order valence-corrected chi connectivity index (χ4v) is 3.42. The molecule has 202 valence electrons. The molecule has 0 saturated carbocycles. The number of anilines is 1. The minimum Gasteiger partial charge on any atom is -0.467 e. The van der Waals surface area contributed by atoms with Gasteiger partial charge >= 0.3 is 12.0 Å². The van der Waals surface area contributed by atoms with Crippen LogP contribution in [0, 0.1) is 25.2 Å². The first kappa shape index (κ1) is 31.3. The van der Waals surface area contributed by atoms with Gasteiger partial charge in [0.05, 0.1) is 19.2 Å². The van der Waals surface area contributed by atoms with E-state index in [-0.39, 0.29) is 12.3 Å². The average molecular weight is 524 g/mol. The quantitative estimate of drug-likeness (QED) is 0.307. The zero-order valence-corrected chi connectivity index (χ0v) is 22.4. The number of benzene rings is 2. The number of hydrogen-bond acceptors (Lipinski definition) is 8. The fraction of sp³-hybridized carbons (Fsp3) is 0.333. The van der Waals surface area contributed by atoms with Gasteiger partial charge in [-0.15, -0.1) is 0 Å². The molecule has 38 heavy (non-hydrogen) atoms. The smallest absolute Gasteiger partial charge is 0.328 e. The van der Waals surface area contributed by atoms with Crippen LogP contribution in [-0.4, -0.2) is 56.3 Å². The molecule has 0 spiro atoms. The maximum absolute atomic E-state index is 13.0. The van der Waals surface area contributed by atoms with Crippen LogP contribution in [0.25, 0.3) is 0 Å². The zero-order valence-electron chi connectivity index (χ0n) is 22.4. The number of oxime groups is 1. The number of carbonyl (C=O) groups excluding carboxylic acids is 4. The number of amides is 4. The molecule has 1 atom stereocenters. The number of nitriles is 1. The Balaban J connectivity index is 0.000000442. The molecule has 0 aliphatic carbocycles. The minimum atomic E-state index is -0.903. The first-order valence-electron chi connectivity index (χ1n) is 11.7. The van der Waals surface area contributed by atoms with Crippen LogP contribution < -0.4 is 15.5 Å². The molecule has 0 radical (unpaired) electrons. The van der Waals surface area contributed by atoms with E-state index in [2.05, 4.69) is 15.3 Å². The number of carbonyl (C=O) groups is 4. The molecule has 2 rings (SSSR count). The van der Waals surface area contributed by atoms with Crippen molar-refractivity contribution in [1.82, 2.24) is 10.6 Å². The molecule has 0 fully saturated rings. The molecule has 11 heteroatoms. The van der Waals surface area contributed by atoms with Crippen LogP contribution >= 0.6 is 0 Å². The van der Waals surface area contributed by atoms with Gasteiger partial charge in [0.15, 0.2) is 0 Å². The van der Waals surface area contributed by atoms with Crippen molar-refractivity contribution < 1.29 is 28.8 Å². The number of urea groups is 1. The number of methoxy groups -OCH3 is 1. The van der Waals surface area contributed by atoms with Crippen molar-refractivity contribution in [3.05, 3.63) is 65.2 Å². The highest BCUT2D eigenvalue weighted by molar-refractivity contribution is 6.46. The molecule has 4 amide bonds. The van der Waals surface area contributed by atoms with Crippen molar-refractivity contribution in [2.24, 2.45) is 5.16 Å². The van der Waals surface area contributed by atoms with Gasteiger partial charge in [-0.1, -0.05) is 53.7 Å². The van der Waals surface area contributed by atoms with Crippen LogP contribution in [0.3, 0.4) is 0 Å². The number of nitrogens with zero attached hydrogens (tertiary/aromatic N) is 3. The van der Waals surface area contributed by atoms with E-state index in [9.17, 15) is 19.2 Å². The molecule has 0 aliphatic heterocycles. The molecule has 0 aromatic heterocycles. The first-order chi connectivity index (χ1) is 18.1. The Morgan fingerprint density at radius 2 is 1.63 bits per heavy atom. The van der Waals surface area contributed by atoms with Crippen molar-refractivity contribution in [3.8, 4) is 6.07 Å². The maximum Gasteiger partial charge on any atom is 0.328 e. The molecule has 11 nitrogen and oxygen atoms in total. The Hall–Kier alpha value is -4.72. The average Bonchev–Trinajstić information content (AvgIpc) is 2.89. The first-order valence-corrected chi connectivity index (χ1v) is 11.7. The Morgan fingerprint density at radius 1 is 1.03 bits per heavy atom. The summed E-state index contributed by atoms with van der Waals surface area (Å²) in [6, 6.07) is 15.5. The van der Waals surface area contributed by atoms with Gasteiger partial charge in [0, 0.05) is 6.54 Å². The van der Waals surface area contributed by atoms with Gasteiger partial charge in [-0.25, -0.2) is 9.59 Å².